The molecule has 3 aliphatic rings. The van der Waals surface area contributed by atoms with Gasteiger partial charge in [-0.1, -0.05) is 0 Å². The Kier molecular flexibility index (Phi) is 5.96. The molecule has 0 bridgehead atoms. The Labute approximate surface area is 213 Å². The highest BCUT2D eigenvalue weighted by Gasteiger charge is 2.34. The Balaban J connectivity index is 1.37. The number of hydrogen-bond donors (Lipinski definition) is 1. The van der Waals surface area contributed by atoms with Crippen molar-refractivity contribution in [2.45, 2.75) is 77.8 Å². The van der Waals surface area contributed by atoms with Crippen LogP contribution in [0.4, 0.5) is 9.80 Å². The maximum absolute atomic E-state index is 13.9. The van der Waals surface area contributed by atoms with E-state index in [1.54, 1.807) is 11.3 Å². The molecular weight excluding hydrogens is 478 g/mol. The molecule has 4 heterocycles. The van der Waals surface area contributed by atoms with Crippen LogP contribution in [0.2, 0.25) is 0 Å². The molecule has 6 rings (SSSR count). The quantitative estimate of drug-likeness (QED) is 0.402. The number of hydrogen-bond acceptors (Lipinski definition) is 5. The minimum Gasteiger partial charge on any atom is -0.462 e. The van der Waals surface area contributed by atoms with Gasteiger partial charge in [0.25, 0.3) is 0 Å². The van der Waals surface area contributed by atoms with Gasteiger partial charge >= 0.3 is 12.0 Å². The number of aromatic nitrogens is 1. The predicted octanol–water partition coefficient (Wildman–Crippen LogP) is 6.64. The normalized spacial score (nSPS) is 18.7. The monoisotopic (exact) mass is 509 g/mol. The number of esters is 1. The number of anilines is 1. The largest absolute Gasteiger partial charge is 0.462 e. The minimum atomic E-state index is -0.325. The maximum Gasteiger partial charge on any atom is 0.341 e. The van der Waals surface area contributed by atoms with Crippen LogP contribution in [0, 0.1) is 0 Å². The Morgan fingerprint density at radius 1 is 1.03 bits per heavy atom. The van der Waals surface area contributed by atoms with Crippen LogP contribution in [0.3, 0.4) is 0 Å². The van der Waals surface area contributed by atoms with Crippen molar-refractivity contribution in [2.24, 2.45) is 0 Å². The zero-order chi connectivity index (χ0) is 24.1. The summed E-state index contributed by atoms with van der Waals surface area (Å²) in [4.78, 5) is 31.4. The maximum atomic E-state index is 13.9. The number of ether oxygens (including phenoxy) is 1. The first-order valence-electron chi connectivity index (χ1n) is 12.8. The van der Waals surface area contributed by atoms with E-state index in [-0.39, 0.29) is 18.0 Å². The van der Waals surface area contributed by atoms with E-state index in [4.69, 9.17) is 4.74 Å². The molecule has 3 aromatic rings. The van der Waals surface area contributed by atoms with Crippen molar-refractivity contribution in [1.29, 1.82) is 0 Å². The molecule has 0 radical (unpaired) electrons. The fourth-order valence-corrected chi connectivity index (χ4v) is 8.52. The van der Waals surface area contributed by atoms with Gasteiger partial charge in [0.2, 0.25) is 0 Å². The summed E-state index contributed by atoms with van der Waals surface area (Å²) in [5.74, 6) is -0.325. The van der Waals surface area contributed by atoms with Gasteiger partial charge in [0.1, 0.15) is 10.0 Å². The third-order valence-electron chi connectivity index (χ3n) is 7.61. The van der Waals surface area contributed by atoms with Gasteiger partial charge in [0, 0.05) is 27.2 Å². The van der Waals surface area contributed by atoms with Crippen LogP contribution in [0.1, 0.15) is 88.1 Å². The first kappa shape index (κ1) is 22.9. The number of aryl methyl sites for hydroxylation is 2. The first-order chi connectivity index (χ1) is 17.1. The summed E-state index contributed by atoms with van der Waals surface area (Å²) in [6.45, 7) is 4.82. The summed E-state index contributed by atoms with van der Waals surface area (Å²) in [7, 11) is 0. The van der Waals surface area contributed by atoms with E-state index >= 15 is 0 Å². The van der Waals surface area contributed by atoms with Crippen LogP contribution < -0.4 is 5.32 Å². The lowest BCUT2D eigenvalue weighted by Crippen LogP contribution is -2.36. The second kappa shape index (κ2) is 9.13. The zero-order valence-electron chi connectivity index (χ0n) is 20.3. The number of fused-ring (bicyclic) bond motifs is 6. The number of carbonyl (C=O) groups excluding carboxylic acids is 2. The molecule has 0 fully saturated rings. The Hall–Kier alpha value is -2.58. The number of amides is 2. The summed E-state index contributed by atoms with van der Waals surface area (Å²) in [5, 5.41) is 5.06. The lowest BCUT2D eigenvalue weighted by atomic mass is 9.95. The van der Waals surface area contributed by atoms with Crippen LogP contribution in [0.25, 0.3) is 5.00 Å². The third kappa shape index (κ3) is 3.82. The van der Waals surface area contributed by atoms with Gasteiger partial charge in [0.05, 0.1) is 24.8 Å². The average molecular weight is 510 g/mol. The predicted molar refractivity (Wildman–Crippen MR) is 140 cm³/mol. The molecule has 0 aromatic carbocycles. The number of carbonyl (C=O) groups is 2. The molecule has 2 amide bonds. The summed E-state index contributed by atoms with van der Waals surface area (Å²) in [6.07, 6.45) is 10.8. The molecule has 1 N–H and O–H groups in total. The van der Waals surface area contributed by atoms with Crippen LogP contribution in [0.15, 0.2) is 18.3 Å². The van der Waals surface area contributed by atoms with E-state index in [1.165, 1.54) is 38.7 Å². The Morgan fingerprint density at radius 2 is 1.74 bits per heavy atom. The van der Waals surface area contributed by atoms with E-state index < -0.39 is 0 Å². The standard InChI is InChI=1S/C27H31N3O3S2/c1-3-33-26(31)23-18-10-5-7-13-22(18)34-24(23)28-27(32)30-15-19-17-9-4-6-12-21(17)35-25(19)29-14-8-11-20(29)16(30)2/h8,11,14,16H,3-7,9-10,12-13,15H2,1-2H3,(H,28,32). The molecule has 1 atom stereocenters. The van der Waals surface area contributed by atoms with Crippen molar-refractivity contribution >= 4 is 39.7 Å². The van der Waals surface area contributed by atoms with Crippen molar-refractivity contribution in [1.82, 2.24) is 9.47 Å². The second-order valence-corrected chi connectivity index (χ2v) is 11.9. The van der Waals surface area contributed by atoms with Gasteiger partial charge in [0.15, 0.2) is 0 Å². The summed E-state index contributed by atoms with van der Waals surface area (Å²) < 4.78 is 7.68. The first-order valence-corrected chi connectivity index (χ1v) is 14.4. The van der Waals surface area contributed by atoms with Gasteiger partial charge in [-0.15, -0.1) is 22.7 Å². The van der Waals surface area contributed by atoms with E-state index in [1.807, 2.05) is 23.2 Å². The SMILES string of the molecule is CCOC(=O)c1c(NC(=O)N2Cc3c(sc4c3CCCC4)-n3cccc3C2C)sc2c1CCCC2. The number of urea groups is 1. The molecular formula is C27H31N3O3S2. The van der Waals surface area contributed by atoms with E-state index in [0.29, 0.717) is 23.7 Å². The van der Waals surface area contributed by atoms with E-state index in [0.717, 1.165) is 49.8 Å². The molecule has 0 saturated heterocycles. The highest BCUT2D eigenvalue weighted by molar-refractivity contribution is 7.17. The van der Waals surface area contributed by atoms with Gasteiger partial charge in [-0.2, -0.15) is 0 Å². The highest BCUT2D eigenvalue weighted by Crippen LogP contribution is 2.43. The summed E-state index contributed by atoms with van der Waals surface area (Å²) >= 11 is 3.44. The molecule has 3 aromatic heterocycles. The second-order valence-electron chi connectivity index (χ2n) is 9.67. The number of nitrogens with zero attached hydrogens (tertiary/aromatic N) is 2. The summed E-state index contributed by atoms with van der Waals surface area (Å²) in [5.41, 5.74) is 5.49. The van der Waals surface area contributed by atoms with Crippen LogP contribution in [-0.2, 0) is 37.0 Å². The molecule has 8 heteroatoms. The molecule has 0 saturated carbocycles. The van der Waals surface area contributed by atoms with E-state index in [9.17, 15) is 9.59 Å². The molecule has 6 nitrogen and oxygen atoms in total. The van der Waals surface area contributed by atoms with Crippen molar-refractivity contribution in [3.05, 3.63) is 56.0 Å². The fraction of sp³-hybridized carbons (Fsp3) is 0.481. The number of thiophene rings is 2. The topological polar surface area (TPSA) is 63.6 Å². The Morgan fingerprint density at radius 3 is 2.51 bits per heavy atom. The molecule has 184 valence electrons. The average Bonchev–Trinajstić information content (AvgIpc) is 3.55. The lowest BCUT2D eigenvalue weighted by molar-refractivity contribution is 0.0526. The van der Waals surface area contributed by atoms with Crippen molar-refractivity contribution in [2.75, 3.05) is 11.9 Å². The van der Waals surface area contributed by atoms with Gasteiger partial charge in [-0.25, -0.2) is 9.59 Å². The van der Waals surface area contributed by atoms with Crippen molar-refractivity contribution in [3.63, 3.8) is 0 Å². The fourth-order valence-electron chi connectivity index (χ4n) is 5.85. The number of rotatable bonds is 3. The van der Waals surface area contributed by atoms with Gasteiger partial charge in [-0.3, -0.25) is 5.32 Å². The summed E-state index contributed by atoms with van der Waals surface area (Å²) in [6, 6.07) is 3.94. The minimum absolute atomic E-state index is 0.0931. The molecule has 1 unspecified atom stereocenters. The van der Waals surface area contributed by atoms with Gasteiger partial charge < -0.3 is 14.2 Å². The smallest absolute Gasteiger partial charge is 0.341 e. The van der Waals surface area contributed by atoms with Crippen LogP contribution >= 0.6 is 22.7 Å². The highest BCUT2D eigenvalue weighted by atomic mass is 32.1. The third-order valence-corrected chi connectivity index (χ3v) is 10.2. The Bertz CT molecular complexity index is 1300. The molecule has 2 aliphatic carbocycles. The van der Waals surface area contributed by atoms with Crippen LogP contribution in [-0.4, -0.2) is 28.1 Å². The number of nitrogens with one attached hydrogen (secondary N) is 1. The van der Waals surface area contributed by atoms with Gasteiger partial charge in [-0.05, 0) is 88.5 Å². The zero-order valence-corrected chi connectivity index (χ0v) is 21.9. The molecule has 1 aliphatic heterocycles. The van der Waals surface area contributed by atoms with E-state index in [2.05, 4.69) is 35.1 Å². The van der Waals surface area contributed by atoms with Crippen molar-refractivity contribution in [3.8, 4) is 5.00 Å². The van der Waals surface area contributed by atoms with Crippen molar-refractivity contribution < 1.29 is 14.3 Å². The lowest BCUT2D eigenvalue weighted by Gasteiger charge is -2.28. The molecule has 35 heavy (non-hydrogen) atoms. The molecule has 0 spiro atoms. The van der Waals surface area contributed by atoms with Crippen LogP contribution in [0.5, 0.6) is 0 Å².